The lowest BCUT2D eigenvalue weighted by atomic mass is 10.1. The number of carbonyl (C=O) groups is 1. The van der Waals surface area contributed by atoms with Gasteiger partial charge in [-0.15, -0.1) is 11.3 Å². The summed E-state index contributed by atoms with van der Waals surface area (Å²) in [6.07, 6.45) is 0.751. The fourth-order valence-electron chi connectivity index (χ4n) is 2.40. The quantitative estimate of drug-likeness (QED) is 0.736. The average Bonchev–Trinajstić information content (AvgIpc) is 2.97. The molecule has 24 heavy (non-hydrogen) atoms. The second-order valence-corrected chi connectivity index (χ2v) is 7.09. The van der Waals surface area contributed by atoms with Crippen LogP contribution in [0.15, 0.2) is 48.5 Å². The van der Waals surface area contributed by atoms with Gasteiger partial charge < -0.3 is 10.2 Å². The average molecular weight is 360 g/mol. The molecular weight excluding hydrogens is 342 g/mol. The number of hydrogen-bond donors (Lipinski definition) is 1. The number of nitrogens with zero attached hydrogens (tertiary/aromatic N) is 2. The van der Waals surface area contributed by atoms with Crippen LogP contribution in [0.4, 0.5) is 4.79 Å². The van der Waals surface area contributed by atoms with Crippen molar-refractivity contribution < 1.29 is 4.79 Å². The smallest absolute Gasteiger partial charge is 0.317 e. The molecule has 2 aromatic carbocycles. The van der Waals surface area contributed by atoms with Crippen LogP contribution < -0.4 is 5.32 Å². The van der Waals surface area contributed by atoms with Gasteiger partial charge in [0, 0.05) is 18.6 Å². The highest BCUT2D eigenvalue weighted by Crippen LogP contribution is 2.22. The molecule has 1 aromatic heterocycles. The van der Waals surface area contributed by atoms with Gasteiger partial charge in [0.05, 0.1) is 16.8 Å². The maximum Gasteiger partial charge on any atom is 0.317 e. The second-order valence-electron chi connectivity index (χ2n) is 5.54. The van der Waals surface area contributed by atoms with Gasteiger partial charge in [0.1, 0.15) is 5.01 Å². The third-order valence-electron chi connectivity index (χ3n) is 3.64. The summed E-state index contributed by atoms with van der Waals surface area (Å²) >= 11 is 7.58. The third kappa shape index (κ3) is 4.24. The Morgan fingerprint density at radius 1 is 1.25 bits per heavy atom. The Kier molecular flexibility index (Phi) is 5.33. The minimum atomic E-state index is -0.101. The molecule has 0 atom stereocenters. The van der Waals surface area contributed by atoms with Crippen LogP contribution in [0.1, 0.15) is 10.6 Å². The summed E-state index contributed by atoms with van der Waals surface area (Å²) in [6.45, 7) is 1.08. The van der Waals surface area contributed by atoms with Crippen molar-refractivity contribution in [3.05, 3.63) is 64.1 Å². The molecule has 0 bridgehead atoms. The van der Waals surface area contributed by atoms with Crippen molar-refractivity contribution in [3.63, 3.8) is 0 Å². The summed E-state index contributed by atoms with van der Waals surface area (Å²) in [5.41, 5.74) is 2.09. The Balaban J connectivity index is 1.51. The van der Waals surface area contributed by atoms with E-state index in [0.29, 0.717) is 18.1 Å². The fraction of sp³-hybridized carbons (Fsp3) is 0.222. The second kappa shape index (κ2) is 7.64. The van der Waals surface area contributed by atoms with Crippen LogP contribution in [0.2, 0.25) is 5.02 Å². The molecule has 0 saturated carbocycles. The van der Waals surface area contributed by atoms with Gasteiger partial charge >= 0.3 is 6.03 Å². The third-order valence-corrected chi connectivity index (χ3v) is 4.89. The molecule has 2 amide bonds. The monoisotopic (exact) mass is 359 g/mol. The number of nitrogens with one attached hydrogen (secondary N) is 1. The molecule has 1 heterocycles. The molecule has 124 valence electrons. The van der Waals surface area contributed by atoms with Crippen LogP contribution in [-0.4, -0.2) is 29.5 Å². The van der Waals surface area contributed by atoms with E-state index in [-0.39, 0.29) is 6.03 Å². The van der Waals surface area contributed by atoms with Crippen molar-refractivity contribution in [3.8, 4) is 0 Å². The predicted octanol–water partition coefficient (Wildman–Crippen LogP) is 4.33. The first-order valence-electron chi connectivity index (χ1n) is 7.69. The lowest BCUT2D eigenvalue weighted by Gasteiger charge is -2.16. The van der Waals surface area contributed by atoms with E-state index in [4.69, 9.17) is 11.6 Å². The van der Waals surface area contributed by atoms with Crippen LogP contribution in [0.5, 0.6) is 0 Å². The number of halogens is 1. The number of rotatable bonds is 5. The molecule has 3 aromatic rings. The Hall–Kier alpha value is -2.11. The van der Waals surface area contributed by atoms with Gasteiger partial charge in [-0.1, -0.05) is 35.9 Å². The predicted molar refractivity (Wildman–Crippen MR) is 99.6 cm³/mol. The summed E-state index contributed by atoms with van der Waals surface area (Å²) in [6, 6.07) is 15.6. The minimum absolute atomic E-state index is 0.101. The summed E-state index contributed by atoms with van der Waals surface area (Å²) in [5.74, 6) is 0. The van der Waals surface area contributed by atoms with Crippen molar-refractivity contribution in [2.24, 2.45) is 0 Å². The van der Waals surface area contributed by atoms with E-state index in [9.17, 15) is 4.79 Å². The topological polar surface area (TPSA) is 45.2 Å². The van der Waals surface area contributed by atoms with Gasteiger partial charge in [-0.2, -0.15) is 0 Å². The highest BCUT2D eigenvalue weighted by atomic mass is 35.5. The Morgan fingerprint density at radius 2 is 2.08 bits per heavy atom. The first-order chi connectivity index (χ1) is 11.6. The van der Waals surface area contributed by atoms with Crippen molar-refractivity contribution >= 4 is 39.2 Å². The van der Waals surface area contributed by atoms with Crippen molar-refractivity contribution in [1.29, 1.82) is 0 Å². The normalized spacial score (nSPS) is 10.8. The molecule has 0 fully saturated rings. The molecule has 0 saturated heterocycles. The molecule has 0 unspecified atom stereocenters. The number of amides is 2. The molecule has 0 aliphatic carbocycles. The number of carbonyl (C=O) groups excluding carboxylic acids is 1. The fourth-order valence-corrected chi connectivity index (χ4v) is 3.64. The first-order valence-corrected chi connectivity index (χ1v) is 8.89. The van der Waals surface area contributed by atoms with E-state index >= 15 is 0 Å². The van der Waals surface area contributed by atoms with Crippen molar-refractivity contribution in [1.82, 2.24) is 15.2 Å². The zero-order valence-corrected chi connectivity index (χ0v) is 14.9. The highest BCUT2D eigenvalue weighted by Gasteiger charge is 2.11. The van der Waals surface area contributed by atoms with Crippen LogP contribution in [0.3, 0.4) is 0 Å². The minimum Gasteiger partial charge on any atom is -0.338 e. The molecule has 0 aliphatic heterocycles. The Bertz CT molecular complexity index is 816. The molecule has 4 nitrogen and oxygen atoms in total. The van der Waals surface area contributed by atoms with Gasteiger partial charge in [-0.25, -0.2) is 9.78 Å². The van der Waals surface area contributed by atoms with E-state index in [1.54, 1.807) is 23.3 Å². The largest absolute Gasteiger partial charge is 0.338 e. The van der Waals surface area contributed by atoms with E-state index in [1.165, 1.54) is 0 Å². The van der Waals surface area contributed by atoms with Crippen LogP contribution in [0, 0.1) is 0 Å². The Morgan fingerprint density at radius 3 is 2.88 bits per heavy atom. The van der Waals surface area contributed by atoms with Gasteiger partial charge in [0.25, 0.3) is 0 Å². The van der Waals surface area contributed by atoms with E-state index in [1.807, 2.05) is 48.5 Å². The molecule has 0 spiro atoms. The molecule has 6 heteroatoms. The zero-order chi connectivity index (χ0) is 16.9. The number of benzene rings is 2. The number of aromatic nitrogens is 1. The van der Waals surface area contributed by atoms with Crippen LogP contribution >= 0.6 is 22.9 Å². The highest BCUT2D eigenvalue weighted by molar-refractivity contribution is 7.18. The summed E-state index contributed by atoms with van der Waals surface area (Å²) in [7, 11) is 1.78. The number of thiazole rings is 1. The van der Waals surface area contributed by atoms with Crippen molar-refractivity contribution in [2.75, 3.05) is 13.6 Å². The number of hydrogen-bond acceptors (Lipinski definition) is 3. The van der Waals surface area contributed by atoms with Crippen LogP contribution in [-0.2, 0) is 13.0 Å². The summed E-state index contributed by atoms with van der Waals surface area (Å²) in [5, 5.41) is 4.57. The maximum atomic E-state index is 12.2. The van der Waals surface area contributed by atoms with E-state index in [2.05, 4.69) is 10.3 Å². The first kappa shape index (κ1) is 16.7. The molecular formula is C18H18ClN3OS. The SMILES string of the molecule is CN(Cc1nc2ccccc2s1)C(=O)NCCc1cccc(Cl)c1. The maximum absolute atomic E-state index is 12.2. The van der Waals surface area contributed by atoms with Gasteiger partial charge in [-0.3, -0.25) is 0 Å². The van der Waals surface area contributed by atoms with Gasteiger partial charge in [0.2, 0.25) is 0 Å². The van der Waals surface area contributed by atoms with Gasteiger partial charge in [-0.05, 0) is 36.2 Å². The molecule has 3 rings (SSSR count). The number of fused-ring (bicyclic) bond motifs is 1. The number of para-hydroxylation sites is 1. The zero-order valence-electron chi connectivity index (χ0n) is 13.3. The van der Waals surface area contributed by atoms with Crippen LogP contribution in [0.25, 0.3) is 10.2 Å². The molecule has 0 aliphatic rings. The lowest BCUT2D eigenvalue weighted by Crippen LogP contribution is -2.37. The lowest BCUT2D eigenvalue weighted by molar-refractivity contribution is 0.207. The van der Waals surface area contributed by atoms with Gasteiger partial charge in [0.15, 0.2) is 0 Å². The van der Waals surface area contributed by atoms with E-state index in [0.717, 1.165) is 27.2 Å². The molecule has 1 N–H and O–H groups in total. The number of urea groups is 1. The summed E-state index contributed by atoms with van der Waals surface area (Å²) in [4.78, 5) is 18.4. The standard InChI is InChI=1S/C18H18ClN3OS/c1-22(12-17-21-15-7-2-3-8-16(15)24-17)18(23)20-10-9-13-5-4-6-14(19)11-13/h2-8,11H,9-10,12H2,1H3,(H,20,23). The summed E-state index contributed by atoms with van der Waals surface area (Å²) < 4.78 is 1.14. The van der Waals surface area contributed by atoms with Crippen molar-refractivity contribution in [2.45, 2.75) is 13.0 Å². The van der Waals surface area contributed by atoms with E-state index < -0.39 is 0 Å². The Labute approximate surface area is 150 Å². The molecule has 0 radical (unpaired) electrons.